The number of hydrogen-bond donors (Lipinski definition) is 1. The molecule has 31 heavy (non-hydrogen) atoms. The fraction of sp³-hybridized carbons (Fsp3) is 0.458. The number of fused-ring (bicyclic) bond motifs is 2. The van der Waals surface area contributed by atoms with Crippen molar-refractivity contribution in [1.29, 1.82) is 0 Å². The summed E-state index contributed by atoms with van der Waals surface area (Å²) in [5, 5.41) is 4.05. The summed E-state index contributed by atoms with van der Waals surface area (Å²) in [5.41, 5.74) is 1.13. The molecule has 1 saturated carbocycles. The van der Waals surface area contributed by atoms with Crippen LogP contribution in [0.5, 0.6) is 0 Å². The van der Waals surface area contributed by atoms with Gasteiger partial charge in [0.25, 0.3) is 0 Å². The van der Waals surface area contributed by atoms with Gasteiger partial charge in [0.1, 0.15) is 5.82 Å². The second-order valence-corrected chi connectivity index (χ2v) is 9.36. The SMILES string of the molecule is COC(=O)c1ccc(N2[C@@H]3CC[C@H]2CC(NC(=O)C2(c4ccc(Cl)cc4)CC2)C3)nc1. The average Bonchev–Trinajstić information content (AvgIpc) is 3.55. The molecule has 162 valence electrons. The van der Waals surface area contributed by atoms with Crippen LogP contribution in [0.3, 0.4) is 0 Å². The highest BCUT2D eigenvalue weighted by atomic mass is 35.5. The summed E-state index contributed by atoms with van der Waals surface area (Å²) in [6.45, 7) is 0. The molecule has 2 bridgehead atoms. The van der Waals surface area contributed by atoms with Gasteiger partial charge in [-0.25, -0.2) is 9.78 Å². The number of ether oxygens (including phenoxy) is 1. The summed E-state index contributed by atoms with van der Waals surface area (Å²) < 4.78 is 4.76. The molecule has 3 fully saturated rings. The highest BCUT2D eigenvalue weighted by Gasteiger charge is 2.52. The molecular formula is C24H26ClN3O3. The third-order valence-corrected chi connectivity index (χ3v) is 7.34. The van der Waals surface area contributed by atoms with Crippen LogP contribution in [0.4, 0.5) is 5.82 Å². The first-order valence-corrected chi connectivity index (χ1v) is 11.3. The number of rotatable bonds is 5. The Morgan fingerprint density at radius 1 is 1.10 bits per heavy atom. The van der Waals surface area contributed by atoms with Crippen molar-refractivity contribution in [2.75, 3.05) is 12.0 Å². The van der Waals surface area contributed by atoms with Crippen molar-refractivity contribution in [2.45, 2.75) is 62.1 Å². The van der Waals surface area contributed by atoms with Crippen LogP contribution in [-0.4, -0.2) is 42.1 Å². The number of aromatic nitrogens is 1. The van der Waals surface area contributed by atoms with E-state index in [1.54, 1.807) is 12.3 Å². The number of hydrogen-bond acceptors (Lipinski definition) is 5. The van der Waals surface area contributed by atoms with Crippen LogP contribution >= 0.6 is 11.6 Å². The van der Waals surface area contributed by atoms with Gasteiger partial charge in [0.15, 0.2) is 0 Å². The number of nitrogens with one attached hydrogen (secondary N) is 1. The molecular weight excluding hydrogens is 414 g/mol. The molecule has 1 amide bonds. The number of nitrogens with zero attached hydrogens (tertiary/aromatic N) is 2. The topological polar surface area (TPSA) is 71.5 Å². The van der Waals surface area contributed by atoms with Gasteiger partial charge in [0.2, 0.25) is 5.91 Å². The predicted molar refractivity (Wildman–Crippen MR) is 118 cm³/mol. The zero-order chi connectivity index (χ0) is 21.6. The van der Waals surface area contributed by atoms with E-state index in [2.05, 4.69) is 15.2 Å². The Kier molecular flexibility index (Phi) is 5.13. The van der Waals surface area contributed by atoms with Crippen molar-refractivity contribution in [3.05, 3.63) is 58.7 Å². The second kappa shape index (κ2) is 7.83. The lowest BCUT2D eigenvalue weighted by Gasteiger charge is -2.40. The quantitative estimate of drug-likeness (QED) is 0.716. The second-order valence-electron chi connectivity index (χ2n) is 8.92. The number of halogens is 1. The van der Waals surface area contributed by atoms with Gasteiger partial charge in [0, 0.05) is 29.3 Å². The van der Waals surface area contributed by atoms with Crippen molar-refractivity contribution in [2.24, 2.45) is 0 Å². The molecule has 2 saturated heterocycles. The van der Waals surface area contributed by atoms with Crippen LogP contribution in [0.2, 0.25) is 5.02 Å². The minimum absolute atomic E-state index is 0.147. The summed E-state index contributed by atoms with van der Waals surface area (Å²) in [5.74, 6) is 0.663. The van der Waals surface area contributed by atoms with Gasteiger partial charge in [-0.1, -0.05) is 23.7 Å². The molecule has 2 aliphatic heterocycles. The maximum absolute atomic E-state index is 13.2. The number of pyridine rings is 1. The third-order valence-electron chi connectivity index (χ3n) is 7.08. The number of amides is 1. The van der Waals surface area contributed by atoms with E-state index >= 15 is 0 Å². The van der Waals surface area contributed by atoms with Crippen molar-refractivity contribution >= 4 is 29.3 Å². The van der Waals surface area contributed by atoms with Gasteiger partial charge < -0.3 is 15.0 Å². The van der Waals surface area contributed by atoms with E-state index in [-0.39, 0.29) is 23.3 Å². The van der Waals surface area contributed by atoms with Crippen LogP contribution in [0.1, 0.15) is 54.4 Å². The highest BCUT2D eigenvalue weighted by molar-refractivity contribution is 6.30. The van der Waals surface area contributed by atoms with E-state index in [1.165, 1.54) is 7.11 Å². The molecule has 0 radical (unpaired) electrons. The maximum Gasteiger partial charge on any atom is 0.339 e. The number of carbonyl (C=O) groups excluding carboxylic acids is 2. The molecule has 0 spiro atoms. The van der Waals surface area contributed by atoms with Crippen molar-refractivity contribution in [1.82, 2.24) is 10.3 Å². The molecule has 3 aliphatic rings. The summed E-state index contributed by atoms with van der Waals surface area (Å²) in [7, 11) is 1.37. The van der Waals surface area contributed by atoms with Crippen LogP contribution in [0.25, 0.3) is 0 Å². The van der Waals surface area contributed by atoms with E-state index in [0.717, 1.165) is 49.9 Å². The van der Waals surface area contributed by atoms with Gasteiger partial charge in [-0.3, -0.25) is 4.79 Å². The third kappa shape index (κ3) is 3.67. The first kappa shape index (κ1) is 20.3. The van der Waals surface area contributed by atoms with Crippen LogP contribution in [0.15, 0.2) is 42.6 Å². The first-order valence-electron chi connectivity index (χ1n) is 10.9. The number of benzene rings is 1. The number of piperidine rings is 1. The monoisotopic (exact) mass is 439 g/mol. The highest BCUT2D eigenvalue weighted by Crippen LogP contribution is 2.49. The number of carbonyl (C=O) groups is 2. The summed E-state index contributed by atoms with van der Waals surface area (Å²) >= 11 is 6.02. The van der Waals surface area contributed by atoms with Gasteiger partial charge in [-0.15, -0.1) is 0 Å². The fourth-order valence-electron chi connectivity index (χ4n) is 5.31. The first-order chi connectivity index (χ1) is 15.0. The van der Waals surface area contributed by atoms with Crippen molar-refractivity contribution in [3.8, 4) is 0 Å². The molecule has 1 aliphatic carbocycles. The molecule has 1 unspecified atom stereocenters. The predicted octanol–water partition coefficient (Wildman–Crippen LogP) is 3.87. The molecule has 1 aromatic heterocycles. The van der Waals surface area contributed by atoms with Gasteiger partial charge in [0.05, 0.1) is 18.1 Å². The maximum atomic E-state index is 13.2. The molecule has 6 nitrogen and oxygen atoms in total. The molecule has 3 atom stereocenters. The lowest BCUT2D eigenvalue weighted by molar-refractivity contribution is -0.124. The zero-order valence-corrected chi connectivity index (χ0v) is 18.3. The van der Waals surface area contributed by atoms with E-state index in [0.29, 0.717) is 22.7 Å². The molecule has 1 aromatic carbocycles. The lowest BCUT2D eigenvalue weighted by atomic mass is 9.92. The largest absolute Gasteiger partial charge is 0.465 e. The molecule has 5 rings (SSSR count). The van der Waals surface area contributed by atoms with E-state index in [1.807, 2.05) is 30.3 Å². The Morgan fingerprint density at radius 3 is 2.32 bits per heavy atom. The Morgan fingerprint density at radius 2 is 1.77 bits per heavy atom. The standard InChI is InChI=1S/C24H26ClN3O3/c1-31-22(29)15-2-9-21(26-14-15)28-19-7-8-20(28)13-18(12-19)27-23(30)24(10-11-24)16-3-5-17(25)6-4-16/h2-6,9,14,18-20H,7-8,10-13H2,1H3,(H,27,30)/t18?,19-,20+. The lowest BCUT2D eigenvalue weighted by Crippen LogP contribution is -2.52. The summed E-state index contributed by atoms with van der Waals surface area (Å²) in [6, 6.07) is 12.2. The van der Waals surface area contributed by atoms with E-state index in [9.17, 15) is 9.59 Å². The molecule has 3 heterocycles. The Balaban J connectivity index is 1.25. The van der Waals surface area contributed by atoms with Gasteiger partial charge in [-0.2, -0.15) is 0 Å². The molecule has 7 heteroatoms. The summed E-state index contributed by atoms with van der Waals surface area (Å²) in [6.07, 6.45) is 7.39. The van der Waals surface area contributed by atoms with E-state index < -0.39 is 0 Å². The molecule has 1 N–H and O–H groups in total. The molecule has 2 aromatic rings. The zero-order valence-electron chi connectivity index (χ0n) is 17.5. The minimum Gasteiger partial charge on any atom is -0.465 e. The Labute approximate surface area is 186 Å². The number of methoxy groups -OCH3 is 1. The fourth-order valence-corrected chi connectivity index (χ4v) is 5.44. The average molecular weight is 440 g/mol. The van der Waals surface area contributed by atoms with Crippen molar-refractivity contribution < 1.29 is 14.3 Å². The number of anilines is 1. The Hall–Kier alpha value is -2.60. The Bertz CT molecular complexity index is 974. The van der Waals surface area contributed by atoms with Crippen LogP contribution in [-0.2, 0) is 14.9 Å². The van der Waals surface area contributed by atoms with E-state index in [4.69, 9.17) is 16.3 Å². The van der Waals surface area contributed by atoms with Crippen LogP contribution in [0, 0.1) is 0 Å². The van der Waals surface area contributed by atoms with Crippen LogP contribution < -0.4 is 10.2 Å². The minimum atomic E-state index is -0.383. The smallest absolute Gasteiger partial charge is 0.339 e. The van der Waals surface area contributed by atoms with Gasteiger partial charge >= 0.3 is 5.97 Å². The summed E-state index contributed by atoms with van der Waals surface area (Å²) in [4.78, 5) is 31.7. The van der Waals surface area contributed by atoms with Crippen molar-refractivity contribution in [3.63, 3.8) is 0 Å². The normalized spacial score (nSPS) is 25.7. The van der Waals surface area contributed by atoms with Gasteiger partial charge in [-0.05, 0) is 68.4 Å². The number of esters is 1.